The second kappa shape index (κ2) is 6.54. The molecular weight excluding hydrogens is 312 g/mol. The Morgan fingerprint density at radius 2 is 2.13 bits per heavy atom. The summed E-state index contributed by atoms with van der Waals surface area (Å²) in [6, 6.07) is 3.87. The van der Waals surface area contributed by atoms with Crippen molar-refractivity contribution < 1.29 is 9.53 Å². The van der Waals surface area contributed by atoms with Crippen molar-refractivity contribution in [3.8, 4) is 5.88 Å². The first-order valence-corrected chi connectivity index (χ1v) is 8.37. The number of likely N-dealkylation sites (tertiary alicyclic amines) is 1. The van der Waals surface area contributed by atoms with Gasteiger partial charge in [-0.15, -0.1) is 11.3 Å². The zero-order valence-corrected chi connectivity index (χ0v) is 14.3. The average molecular weight is 332 g/mol. The Hall–Kier alpha value is -2.15. The van der Waals surface area contributed by atoms with Gasteiger partial charge in [0.25, 0.3) is 11.8 Å². The third-order valence-corrected chi connectivity index (χ3v) is 4.72. The second-order valence-corrected chi connectivity index (χ2v) is 7.06. The van der Waals surface area contributed by atoms with E-state index in [-0.39, 0.29) is 12.0 Å². The number of amides is 1. The van der Waals surface area contributed by atoms with Gasteiger partial charge >= 0.3 is 0 Å². The van der Waals surface area contributed by atoms with E-state index in [9.17, 15) is 4.79 Å². The second-order valence-electron chi connectivity index (χ2n) is 5.77. The highest BCUT2D eigenvalue weighted by molar-refractivity contribution is 7.13. The number of rotatable bonds is 4. The molecule has 1 atom stereocenters. The molecule has 0 radical (unpaired) electrons. The number of nitrogens with zero attached hydrogens (tertiary/aromatic N) is 4. The van der Waals surface area contributed by atoms with Crippen molar-refractivity contribution in [2.75, 3.05) is 32.1 Å². The molecule has 6 nitrogen and oxygen atoms in total. The molecule has 3 rings (SSSR count). The fourth-order valence-electron chi connectivity index (χ4n) is 2.58. The summed E-state index contributed by atoms with van der Waals surface area (Å²) in [7, 11) is 3.81. The van der Waals surface area contributed by atoms with Crippen LogP contribution in [0.15, 0.2) is 24.5 Å². The molecule has 0 N–H and O–H groups in total. The Morgan fingerprint density at radius 3 is 2.83 bits per heavy atom. The Balaban J connectivity index is 1.65. The van der Waals surface area contributed by atoms with Crippen LogP contribution in [0.5, 0.6) is 5.88 Å². The van der Waals surface area contributed by atoms with Gasteiger partial charge in [-0.2, -0.15) is 0 Å². The predicted molar refractivity (Wildman–Crippen MR) is 90.4 cm³/mol. The molecule has 2 aromatic heterocycles. The van der Waals surface area contributed by atoms with E-state index in [1.165, 1.54) is 11.3 Å². The van der Waals surface area contributed by atoms with Gasteiger partial charge in [0.2, 0.25) is 0 Å². The first-order valence-electron chi connectivity index (χ1n) is 7.55. The first kappa shape index (κ1) is 15.7. The molecule has 1 aliphatic heterocycles. The number of ether oxygens (including phenoxy) is 1. The maximum absolute atomic E-state index is 12.5. The van der Waals surface area contributed by atoms with E-state index in [4.69, 9.17) is 4.74 Å². The van der Waals surface area contributed by atoms with Crippen LogP contribution in [-0.4, -0.2) is 54.1 Å². The first-order chi connectivity index (χ1) is 11.0. The molecular formula is C16H20N4O2S. The Labute approximate surface area is 139 Å². The minimum atomic E-state index is -0.0459. The van der Waals surface area contributed by atoms with Crippen LogP contribution >= 0.6 is 11.3 Å². The number of aromatic nitrogens is 2. The molecule has 1 saturated heterocycles. The van der Waals surface area contributed by atoms with Crippen molar-refractivity contribution in [1.29, 1.82) is 0 Å². The van der Waals surface area contributed by atoms with Crippen LogP contribution in [0.3, 0.4) is 0 Å². The smallest absolute Gasteiger partial charge is 0.264 e. The Morgan fingerprint density at radius 1 is 1.35 bits per heavy atom. The summed E-state index contributed by atoms with van der Waals surface area (Å²) in [6.07, 6.45) is 4.02. The molecule has 0 aliphatic carbocycles. The lowest BCUT2D eigenvalue weighted by molar-refractivity contribution is 0.0776. The summed E-state index contributed by atoms with van der Waals surface area (Å²) in [5.41, 5.74) is 0. The number of anilines is 1. The van der Waals surface area contributed by atoms with Gasteiger partial charge in [0.1, 0.15) is 6.10 Å². The van der Waals surface area contributed by atoms with Crippen molar-refractivity contribution in [1.82, 2.24) is 14.9 Å². The molecule has 23 heavy (non-hydrogen) atoms. The maximum atomic E-state index is 12.5. The predicted octanol–water partition coefficient (Wildman–Crippen LogP) is 2.21. The molecule has 7 heteroatoms. The van der Waals surface area contributed by atoms with Crippen LogP contribution in [0, 0.1) is 6.92 Å². The average Bonchev–Trinajstić information content (AvgIpc) is 3.16. The summed E-state index contributed by atoms with van der Waals surface area (Å²) in [5.74, 6) is 1.30. The SMILES string of the molecule is Cc1ccc(C(=O)N2CCC(Oc3nccnc3N(C)C)C2)s1. The molecule has 1 fully saturated rings. The van der Waals surface area contributed by atoms with Gasteiger partial charge < -0.3 is 14.5 Å². The van der Waals surface area contributed by atoms with Gasteiger partial charge in [0.05, 0.1) is 11.4 Å². The van der Waals surface area contributed by atoms with Crippen LogP contribution in [0.4, 0.5) is 5.82 Å². The zero-order valence-electron chi connectivity index (χ0n) is 13.5. The molecule has 0 spiro atoms. The minimum Gasteiger partial charge on any atom is -0.470 e. The van der Waals surface area contributed by atoms with Gasteiger partial charge in [-0.05, 0) is 19.1 Å². The molecule has 0 saturated carbocycles. The van der Waals surface area contributed by atoms with Crippen molar-refractivity contribution in [3.63, 3.8) is 0 Å². The molecule has 0 bridgehead atoms. The van der Waals surface area contributed by atoms with Gasteiger partial charge in [0, 0.05) is 44.3 Å². The minimum absolute atomic E-state index is 0.0459. The van der Waals surface area contributed by atoms with E-state index in [1.807, 2.05) is 43.0 Å². The molecule has 1 unspecified atom stereocenters. The Bertz CT molecular complexity index is 701. The highest BCUT2D eigenvalue weighted by Crippen LogP contribution is 2.25. The zero-order chi connectivity index (χ0) is 16.4. The third-order valence-electron chi connectivity index (χ3n) is 3.73. The monoisotopic (exact) mass is 332 g/mol. The fourth-order valence-corrected chi connectivity index (χ4v) is 3.42. The molecule has 1 aliphatic rings. The van der Waals surface area contributed by atoms with Crippen molar-refractivity contribution >= 4 is 23.1 Å². The van der Waals surface area contributed by atoms with Crippen LogP contribution in [0.1, 0.15) is 21.0 Å². The third kappa shape index (κ3) is 3.44. The summed E-state index contributed by atoms with van der Waals surface area (Å²) < 4.78 is 5.98. The van der Waals surface area contributed by atoms with E-state index in [0.717, 1.165) is 16.2 Å². The normalized spacial score (nSPS) is 17.3. The summed E-state index contributed by atoms with van der Waals surface area (Å²) >= 11 is 1.53. The standard InChI is InChI=1S/C16H20N4O2S/c1-11-4-5-13(23-11)16(21)20-9-6-12(10-20)22-15-14(19(2)3)17-7-8-18-15/h4-5,7-8,12H,6,9-10H2,1-3H3. The highest BCUT2D eigenvalue weighted by Gasteiger charge is 2.30. The van der Waals surface area contributed by atoms with Gasteiger partial charge in [0.15, 0.2) is 5.82 Å². The number of thiophene rings is 1. The Kier molecular flexibility index (Phi) is 4.47. The van der Waals surface area contributed by atoms with E-state index in [2.05, 4.69) is 9.97 Å². The number of hydrogen-bond donors (Lipinski definition) is 0. The lowest BCUT2D eigenvalue weighted by atomic mass is 10.3. The van der Waals surface area contributed by atoms with E-state index < -0.39 is 0 Å². The molecule has 122 valence electrons. The van der Waals surface area contributed by atoms with Crippen molar-refractivity contribution in [2.45, 2.75) is 19.4 Å². The van der Waals surface area contributed by atoms with E-state index in [0.29, 0.717) is 24.8 Å². The van der Waals surface area contributed by atoms with Gasteiger partial charge in [-0.25, -0.2) is 9.97 Å². The lowest BCUT2D eigenvalue weighted by Gasteiger charge is -2.19. The van der Waals surface area contributed by atoms with Crippen LogP contribution in [0.25, 0.3) is 0 Å². The molecule has 3 heterocycles. The molecule has 0 aromatic carbocycles. The summed E-state index contributed by atoms with van der Waals surface area (Å²) in [5, 5.41) is 0. The number of hydrogen-bond acceptors (Lipinski definition) is 6. The fraction of sp³-hybridized carbons (Fsp3) is 0.438. The number of carbonyl (C=O) groups excluding carboxylic acids is 1. The summed E-state index contributed by atoms with van der Waals surface area (Å²) in [6.45, 7) is 3.30. The molecule has 1 amide bonds. The highest BCUT2D eigenvalue weighted by atomic mass is 32.1. The van der Waals surface area contributed by atoms with Crippen LogP contribution in [-0.2, 0) is 0 Å². The maximum Gasteiger partial charge on any atom is 0.264 e. The van der Waals surface area contributed by atoms with Crippen LogP contribution in [0.2, 0.25) is 0 Å². The topological polar surface area (TPSA) is 58.6 Å². The van der Waals surface area contributed by atoms with Crippen molar-refractivity contribution in [2.24, 2.45) is 0 Å². The molecule has 2 aromatic rings. The lowest BCUT2D eigenvalue weighted by Crippen LogP contribution is -2.30. The quantitative estimate of drug-likeness (QED) is 0.859. The van der Waals surface area contributed by atoms with Crippen LogP contribution < -0.4 is 9.64 Å². The largest absolute Gasteiger partial charge is 0.470 e. The van der Waals surface area contributed by atoms with E-state index >= 15 is 0 Å². The summed E-state index contributed by atoms with van der Waals surface area (Å²) in [4.78, 5) is 26.7. The van der Waals surface area contributed by atoms with Gasteiger partial charge in [-0.1, -0.05) is 0 Å². The van der Waals surface area contributed by atoms with Crippen molar-refractivity contribution in [3.05, 3.63) is 34.3 Å². The number of carbonyl (C=O) groups is 1. The number of aryl methyl sites for hydroxylation is 1. The van der Waals surface area contributed by atoms with E-state index in [1.54, 1.807) is 12.4 Å². The van der Waals surface area contributed by atoms with Gasteiger partial charge in [-0.3, -0.25) is 4.79 Å².